The summed E-state index contributed by atoms with van der Waals surface area (Å²) in [6.07, 6.45) is 8.39. The van der Waals surface area contributed by atoms with Crippen molar-refractivity contribution in [1.82, 2.24) is 4.98 Å². The van der Waals surface area contributed by atoms with Crippen LogP contribution < -0.4 is 25.4 Å². The predicted octanol–water partition coefficient (Wildman–Crippen LogP) is 3.56. The average Bonchev–Trinajstić information content (AvgIpc) is 3.29. The monoisotopic (exact) mass is 464 g/mol. The summed E-state index contributed by atoms with van der Waals surface area (Å²) in [6.45, 7) is 0.149. The molecule has 1 aromatic heterocycles. The lowest BCUT2D eigenvalue weighted by molar-refractivity contribution is 0.0968. The number of nitrogens with one attached hydrogen (secondary N) is 2. The van der Waals surface area contributed by atoms with Gasteiger partial charge in [0.05, 0.1) is 14.2 Å². The molecule has 3 aromatic rings. The van der Waals surface area contributed by atoms with Crippen LogP contribution in [0.4, 0.5) is 10.1 Å². The zero-order valence-electron chi connectivity index (χ0n) is 19.3. The van der Waals surface area contributed by atoms with E-state index in [-0.39, 0.29) is 24.1 Å². The number of methoxy groups -OCH3 is 2. The third kappa shape index (κ3) is 5.15. The Morgan fingerprint density at radius 1 is 1.18 bits per heavy atom. The van der Waals surface area contributed by atoms with Crippen LogP contribution in [0.1, 0.15) is 41.2 Å². The second-order valence-corrected chi connectivity index (χ2v) is 8.36. The number of anilines is 1. The summed E-state index contributed by atoms with van der Waals surface area (Å²) in [5.74, 6) is 0.925. The first-order valence-corrected chi connectivity index (χ1v) is 11.3. The maximum Gasteiger partial charge on any atom is 0.191 e. The number of Topliss-reactive ketones (excluding diaryl/α,β-unsaturated/α-hetero) is 1. The molecule has 7 heteroatoms. The molecule has 34 heavy (non-hydrogen) atoms. The Balaban J connectivity index is 1.74. The van der Waals surface area contributed by atoms with Crippen molar-refractivity contribution in [1.29, 1.82) is 0 Å². The van der Waals surface area contributed by atoms with Gasteiger partial charge in [0.1, 0.15) is 23.4 Å². The Labute approximate surface area is 197 Å². The minimum Gasteiger partial charge on any atom is -0.497 e. The first-order valence-electron chi connectivity index (χ1n) is 11.3. The quantitative estimate of drug-likeness (QED) is 0.400. The van der Waals surface area contributed by atoms with Crippen LogP contribution >= 0.6 is 0 Å². The minimum absolute atomic E-state index is 0.140. The Kier molecular flexibility index (Phi) is 7.33. The number of aliphatic hydroxyl groups is 1. The summed E-state index contributed by atoms with van der Waals surface area (Å²) in [6, 6.07) is 10.5. The molecule has 0 fully saturated rings. The van der Waals surface area contributed by atoms with E-state index >= 15 is 0 Å². The van der Waals surface area contributed by atoms with Crippen molar-refractivity contribution < 1.29 is 23.8 Å². The first kappa shape index (κ1) is 23.6. The fraction of sp³-hybridized carbons (Fsp3) is 0.296. The number of ether oxygens (including phenoxy) is 2. The molecular formula is C27H29FN2O4. The Morgan fingerprint density at radius 3 is 2.53 bits per heavy atom. The van der Waals surface area contributed by atoms with Gasteiger partial charge >= 0.3 is 0 Å². The average molecular weight is 465 g/mol. The maximum absolute atomic E-state index is 13.9. The van der Waals surface area contributed by atoms with Gasteiger partial charge in [0.25, 0.3) is 0 Å². The van der Waals surface area contributed by atoms with E-state index in [1.54, 1.807) is 50.7 Å². The zero-order valence-corrected chi connectivity index (χ0v) is 19.3. The molecule has 2 aromatic carbocycles. The van der Waals surface area contributed by atoms with E-state index in [0.29, 0.717) is 28.3 Å². The number of carbonyl (C=O) groups excluding carboxylic acids is 1. The number of ketones is 1. The summed E-state index contributed by atoms with van der Waals surface area (Å²) in [7, 11) is 3.12. The highest BCUT2D eigenvalue weighted by atomic mass is 19.1. The summed E-state index contributed by atoms with van der Waals surface area (Å²) in [5.41, 5.74) is 1.84. The van der Waals surface area contributed by atoms with Crippen LogP contribution in [0.5, 0.6) is 11.5 Å². The van der Waals surface area contributed by atoms with Crippen LogP contribution in [0.25, 0.3) is 12.2 Å². The van der Waals surface area contributed by atoms with Gasteiger partial charge in [0, 0.05) is 52.8 Å². The van der Waals surface area contributed by atoms with E-state index in [1.165, 1.54) is 12.1 Å². The van der Waals surface area contributed by atoms with Gasteiger partial charge in [-0.25, -0.2) is 4.39 Å². The third-order valence-corrected chi connectivity index (χ3v) is 6.11. The van der Waals surface area contributed by atoms with Gasteiger partial charge in [-0.3, -0.25) is 4.79 Å². The van der Waals surface area contributed by atoms with Crippen molar-refractivity contribution in [3.05, 3.63) is 76.2 Å². The van der Waals surface area contributed by atoms with E-state index in [1.807, 2.05) is 0 Å². The molecule has 1 aliphatic carbocycles. The Bertz CT molecular complexity index is 1240. The van der Waals surface area contributed by atoms with Crippen molar-refractivity contribution in [2.45, 2.75) is 25.3 Å². The molecule has 0 bridgehead atoms. The Morgan fingerprint density at radius 2 is 1.88 bits per heavy atom. The highest BCUT2D eigenvalue weighted by molar-refractivity contribution is 6.02. The highest BCUT2D eigenvalue weighted by Gasteiger charge is 2.25. The highest BCUT2D eigenvalue weighted by Crippen LogP contribution is 2.30. The number of hydrogen-bond acceptors (Lipinski definition) is 5. The largest absolute Gasteiger partial charge is 0.497 e. The number of benzene rings is 2. The topological polar surface area (TPSA) is 83.6 Å². The molecule has 0 saturated carbocycles. The lowest BCUT2D eigenvalue weighted by Crippen LogP contribution is -2.33. The first-order chi connectivity index (χ1) is 16.5. The SMILES string of the molecule is COc1cc(NC(C(=O)c2c[nH]c3c2=CC(CCCO)CC=3)c2ccc(F)cc2)cc(OC)c1. The second-order valence-electron chi connectivity index (χ2n) is 8.36. The van der Waals surface area contributed by atoms with Gasteiger partial charge in [0.15, 0.2) is 5.78 Å². The van der Waals surface area contributed by atoms with Crippen LogP contribution in [0.15, 0.2) is 48.7 Å². The van der Waals surface area contributed by atoms with Crippen LogP contribution in [-0.2, 0) is 0 Å². The lowest BCUT2D eigenvalue weighted by atomic mass is 9.92. The van der Waals surface area contributed by atoms with Gasteiger partial charge in [-0.05, 0) is 42.9 Å². The summed E-state index contributed by atoms with van der Waals surface area (Å²) in [4.78, 5) is 17.1. The van der Waals surface area contributed by atoms with Gasteiger partial charge in [-0.2, -0.15) is 0 Å². The molecule has 0 radical (unpaired) electrons. The van der Waals surface area contributed by atoms with E-state index in [4.69, 9.17) is 9.47 Å². The van der Waals surface area contributed by atoms with Gasteiger partial charge in [-0.1, -0.05) is 24.3 Å². The molecule has 0 aliphatic heterocycles. The molecule has 2 unspecified atom stereocenters. The molecule has 3 N–H and O–H groups in total. The number of hydrogen-bond donors (Lipinski definition) is 3. The molecular weight excluding hydrogens is 435 g/mol. The molecule has 0 spiro atoms. The standard InChI is InChI=1S/C27H29FN2O4/c1-33-21-13-20(14-22(15-21)34-2)30-26(18-6-8-19(28)9-7-18)27(32)24-16-29-25-10-5-17(4-3-11-31)12-23(24)25/h6-10,12-17,26,29-31H,3-5,11H2,1-2H3. The molecule has 6 nitrogen and oxygen atoms in total. The molecule has 1 heterocycles. The number of aliphatic hydroxyl groups excluding tert-OH is 1. The maximum atomic E-state index is 13.9. The van der Waals surface area contributed by atoms with Crippen molar-refractivity contribution in [3.8, 4) is 11.5 Å². The van der Waals surface area contributed by atoms with Crippen LogP contribution in [0.3, 0.4) is 0 Å². The number of aromatic nitrogens is 1. The number of H-pyrrole nitrogens is 1. The molecule has 4 rings (SSSR count). The van der Waals surface area contributed by atoms with Gasteiger partial charge < -0.3 is 24.9 Å². The molecule has 0 amide bonds. The van der Waals surface area contributed by atoms with Crippen molar-refractivity contribution in [2.24, 2.45) is 5.92 Å². The van der Waals surface area contributed by atoms with Crippen LogP contribution in [0, 0.1) is 11.7 Å². The smallest absolute Gasteiger partial charge is 0.191 e. The second kappa shape index (κ2) is 10.6. The number of aromatic amines is 1. The molecule has 178 valence electrons. The number of fused-ring (bicyclic) bond motifs is 1. The minimum atomic E-state index is -0.761. The zero-order chi connectivity index (χ0) is 24.1. The van der Waals surface area contributed by atoms with Crippen molar-refractivity contribution in [2.75, 3.05) is 26.1 Å². The normalized spacial score (nSPS) is 15.5. The molecule has 0 saturated heterocycles. The van der Waals surface area contributed by atoms with Crippen molar-refractivity contribution in [3.63, 3.8) is 0 Å². The summed E-state index contributed by atoms with van der Waals surface area (Å²) in [5, 5.41) is 14.3. The van der Waals surface area contributed by atoms with Crippen LogP contribution in [-0.4, -0.2) is 36.7 Å². The van der Waals surface area contributed by atoms with E-state index in [2.05, 4.69) is 22.5 Å². The van der Waals surface area contributed by atoms with Gasteiger partial charge in [-0.15, -0.1) is 0 Å². The van der Waals surface area contributed by atoms with Gasteiger partial charge in [0.2, 0.25) is 0 Å². The number of carbonyl (C=O) groups is 1. The molecule has 2 atom stereocenters. The summed E-state index contributed by atoms with van der Waals surface area (Å²) < 4.78 is 24.4. The van der Waals surface area contributed by atoms with E-state index in [9.17, 15) is 14.3 Å². The molecule has 1 aliphatic rings. The van der Waals surface area contributed by atoms with Crippen LogP contribution in [0.2, 0.25) is 0 Å². The Hall–Kier alpha value is -3.58. The van der Waals surface area contributed by atoms with E-state index < -0.39 is 6.04 Å². The fourth-order valence-corrected chi connectivity index (χ4v) is 4.30. The predicted molar refractivity (Wildman–Crippen MR) is 130 cm³/mol. The third-order valence-electron chi connectivity index (χ3n) is 6.11. The van der Waals surface area contributed by atoms with Crippen molar-refractivity contribution >= 4 is 23.6 Å². The summed E-state index contributed by atoms with van der Waals surface area (Å²) >= 11 is 0. The fourth-order valence-electron chi connectivity index (χ4n) is 4.30. The number of rotatable bonds is 10. The lowest BCUT2D eigenvalue weighted by Gasteiger charge is -2.20. The number of halogens is 1. The van der Waals surface area contributed by atoms with E-state index in [0.717, 1.165) is 29.8 Å².